The molecule has 0 bridgehead atoms. The molecule has 1 atom stereocenters. The van der Waals surface area contributed by atoms with E-state index in [0.29, 0.717) is 52.3 Å². The van der Waals surface area contributed by atoms with E-state index in [2.05, 4.69) is 20.3 Å². The van der Waals surface area contributed by atoms with Crippen molar-refractivity contribution in [1.29, 1.82) is 0 Å². The van der Waals surface area contributed by atoms with Crippen LogP contribution in [-0.2, 0) is 4.74 Å². The molecule has 1 aliphatic rings. The van der Waals surface area contributed by atoms with E-state index in [4.69, 9.17) is 26.1 Å². The molecule has 1 N–H and O–H groups in total. The number of imidazole rings is 1. The molecule has 11 nitrogen and oxygen atoms in total. The average Bonchev–Trinajstić information content (AvgIpc) is 3.10. The van der Waals surface area contributed by atoms with Gasteiger partial charge in [0.25, 0.3) is 5.91 Å². The molecule has 0 spiro atoms. The summed E-state index contributed by atoms with van der Waals surface area (Å²) in [6, 6.07) is 8.22. The summed E-state index contributed by atoms with van der Waals surface area (Å²) in [5.74, 6) is 0.689. The summed E-state index contributed by atoms with van der Waals surface area (Å²) < 4.78 is 13.6. The predicted molar refractivity (Wildman–Crippen MR) is 154 cm³/mol. The maximum atomic E-state index is 13.3. The zero-order valence-corrected chi connectivity index (χ0v) is 24.2. The van der Waals surface area contributed by atoms with Gasteiger partial charge in [0.1, 0.15) is 22.7 Å². The molecule has 1 saturated heterocycles. The zero-order valence-electron chi connectivity index (χ0n) is 23.4. The number of aromatic nitrogens is 5. The number of fused-ring (bicyclic) bond motifs is 1. The first-order chi connectivity index (χ1) is 19.6. The zero-order chi connectivity index (χ0) is 29.1. The van der Waals surface area contributed by atoms with E-state index in [0.717, 1.165) is 25.0 Å². The topological polar surface area (TPSA) is 124 Å². The van der Waals surface area contributed by atoms with Crippen LogP contribution in [0.25, 0.3) is 11.0 Å². The second-order valence-corrected chi connectivity index (χ2v) is 11.3. The lowest BCUT2D eigenvalue weighted by Gasteiger charge is -2.29. The van der Waals surface area contributed by atoms with Gasteiger partial charge in [0.2, 0.25) is 11.8 Å². The van der Waals surface area contributed by atoms with Crippen molar-refractivity contribution in [1.82, 2.24) is 29.4 Å². The summed E-state index contributed by atoms with van der Waals surface area (Å²) >= 11 is 6.97. The quantitative estimate of drug-likeness (QED) is 0.298. The van der Waals surface area contributed by atoms with Crippen LogP contribution in [0.3, 0.4) is 0 Å². The van der Waals surface area contributed by atoms with Crippen LogP contribution in [0.4, 0.5) is 10.7 Å². The Morgan fingerprint density at radius 2 is 1.93 bits per heavy atom. The van der Waals surface area contributed by atoms with Crippen LogP contribution >= 0.6 is 11.6 Å². The van der Waals surface area contributed by atoms with Crippen molar-refractivity contribution in [3.05, 3.63) is 65.3 Å². The van der Waals surface area contributed by atoms with Crippen LogP contribution in [0.15, 0.2) is 49.1 Å². The fourth-order valence-corrected chi connectivity index (χ4v) is 5.08. The monoisotopic (exact) mass is 577 g/mol. The fraction of sp³-hybridized carbons (Fsp3) is 0.379. The highest BCUT2D eigenvalue weighted by Crippen LogP contribution is 2.39. The Bertz CT molecular complexity index is 1570. The molecule has 4 aromatic rings. The molecule has 2 amide bonds. The highest BCUT2D eigenvalue weighted by molar-refractivity contribution is 6.36. The average molecular weight is 578 g/mol. The number of pyridine rings is 1. The maximum Gasteiger partial charge on any atom is 0.410 e. The molecule has 4 heterocycles. The number of likely N-dealkylation sites (tertiary alicyclic amines) is 1. The molecule has 0 aliphatic carbocycles. The van der Waals surface area contributed by atoms with Crippen molar-refractivity contribution in [3.8, 4) is 11.6 Å². The number of hydrogen-bond donors (Lipinski definition) is 1. The highest BCUT2D eigenvalue weighted by atomic mass is 35.5. The number of nitrogens with one attached hydrogen (secondary N) is 1. The molecule has 1 fully saturated rings. The van der Waals surface area contributed by atoms with Gasteiger partial charge < -0.3 is 18.9 Å². The number of benzene rings is 1. The van der Waals surface area contributed by atoms with Crippen molar-refractivity contribution in [3.63, 3.8) is 0 Å². The molecule has 0 unspecified atom stereocenters. The largest absolute Gasteiger partial charge is 0.444 e. The minimum atomic E-state index is -0.626. The number of nitrogens with zero attached hydrogens (tertiary/aromatic N) is 6. The summed E-state index contributed by atoms with van der Waals surface area (Å²) in [6.07, 6.45) is 6.57. The third-order valence-corrected chi connectivity index (χ3v) is 6.94. The van der Waals surface area contributed by atoms with E-state index in [1.54, 1.807) is 47.6 Å². The molecule has 214 valence electrons. The lowest BCUT2D eigenvalue weighted by molar-refractivity contribution is 0.0238. The molecule has 1 aliphatic heterocycles. The Labute approximate surface area is 242 Å². The molecule has 12 heteroatoms. The molecule has 5 rings (SSSR count). The van der Waals surface area contributed by atoms with Gasteiger partial charge in [-0.2, -0.15) is 0 Å². The van der Waals surface area contributed by atoms with Crippen LogP contribution < -0.4 is 10.1 Å². The molecule has 41 heavy (non-hydrogen) atoms. The van der Waals surface area contributed by atoms with Gasteiger partial charge >= 0.3 is 6.09 Å². The van der Waals surface area contributed by atoms with E-state index in [9.17, 15) is 9.59 Å². The van der Waals surface area contributed by atoms with Gasteiger partial charge in [0.15, 0.2) is 0 Å². The number of ether oxygens (including phenoxy) is 2. The molecular formula is C29H32ClN7O4. The lowest BCUT2D eigenvalue weighted by atomic mass is 10.1. The van der Waals surface area contributed by atoms with Crippen molar-refractivity contribution >= 4 is 40.6 Å². The predicted octanol–water partition coefficient (Wildman–Crippen LogP) is 6.19. The normalized spacial score (nSPS) is 15.8. The van der Waals surface area contributed by atoms with Crippen LogP contribution in [0.2, 0.25) is 5.02 Å². The fourth-order valence-electron chi connectivity index (χ4n) is 4.79. The first-order valence-electron chi connectivity index (χ1n) is 13.5. The Kier molecular flexibility index (Phi) is 8.07. The van der Waals surface area contributed by atoms with E-state index in [1.165, 1.54) is 6.33 Å². The van der Waals surface area contributed by atoms with Gasteiger partial charge in [-0.1, -0.05) is 11.6 Å². The molecule has 3 aromatic heterocycles. The number of rotatable bonds is 5. The number of amides is 2. The number of hydrogen-bond acceptors (Lipinski definition) is 8. The van der Waals surface area contributed by atoms with Gasteiger partial charge in [-0.25, -0.2) is 19.7 Å². The van der Waals surface area contributed by atoms with E-state index in [-0.39, 0.29) is 18.0 Å². The smallest absolute Gasteiger partial charge is 0.410 e. The van der Waals surface area contributed by atoms with E-state index in [1.807, 2.05) is 32.3 Å². The van der Waals surface area contributed by atoms with E-state index >= 15 is 0 Å². The highest BCUT2D eigenvalue weighted by Gasteiger charge is 2.31. The van der Waals surface area contributed by atoms with Gasteiger partial charge in [-0.3, -0.25) is 15.1 Å². The van der Waals surface area contributed by atoms with Crippen LogP contribution in [-0.4, -0.2) is 60.1 Å². The van der Waals surface area contributed by atoms with Gasteiger partial charge in [-0.15, -0.1) is 0 Å². The number of aryl methyl sites for hydroxylation is 1. The van der Waals surface area contributed by atoms with Crippen molar-refractivity contribution in [2.45, 2.75) is 58.6 Å². The second-order valence-electron chi connectivity index (χ2n) is 10.9. The Morgan fingerprint density at radius 1 is 1.10 bits per heavy atom. The Hall–Kier alpha value is -4.25. The third kappa shape index (κ3) is 6.57. The summed E-state index contributed by atoms with van der Waals surface area (Å²) in [7, 11) is 0. The van der Waals surface area contributed by atoms with Crippen molar-refractivity contribution in [2.24, 2.45) is 0 Å². The van der Waals surface area contributed by atoms with Crippen molar-refractivity contribution < 1.29 is 19.1 Å². The van der Waals surface area contributed by atoms with Gasteiger partial charge in [0.05, 0.1) is 17.1 Å². The number of carbonyl (C=O) groups is 2. The van der Waals surface area contributed by atoms with Crippen LogP contribution in [0.5, 0.6) is 11.6 Å². The van der Waals surface area contributed by atoms with Crippen LogP contribution in [0, 0.1) is 6.92 Å². The standard InChI is InChI=1S/C29H32ClN7O4/c1-18-15-19(10-13-32-18)26(38)35-27-34-21-8-9-22(40-23-11-12-31-17-33-23)24(30)25(21)37(27)20-7-5-6-14-36(16-20)28(39)41-29(2,3)4/h8-13,15,17,20H,5-7,14,16H2,1-4H3,(H,34,35,38)/t20-/m1/s1. The summed E-state index contributed by atoms with van der Waals surface area (Å²) in [6.45, 7) is 8.27. The van der Waals surface area contributed by atoms with Gasteiger partial charge in [0, 0.05) is 42.8 Å². The minimum absolute atomic E-state index is 0.253. The minimum Gasteiger partial charge on any atom is -0.444 e. The number of anilines is 1. The van der Waals surface area contributed by atoms with Crippen molar-refractivity contribution in [2.75, 3.05) is 18.4 Å². The first-order valence-corrected chi connectivity index (χ1v) is 13.8. The first kappa shape index (κ1) is 28.3. The van der Waals surface area contributed by atoms with E-state index < -0.39 is 5.60 Å². The molecule has 0 saturated carbocycles. The number of carbonyl (C=O) groups excluding carboxylic acids is 2. The summed E-state index contributed by atoms with van der Waals surface area (Å²) in [4.78, 5) is 45.1. The summed E-state index contributed by atoms with van der Waals surface area (Å²) in [5.41, 5.74) is 1.69. The number of halogens is 1. The lowest BCUT2D eigenvalue weighted by Crippen LogP contribution is -2.39. The molecule has 1 aromatic carbocycles. The molecular weight excluding hydrogens is 546 g/mol. The molecule has 0 radical (unpaired) electrons. The maximum absolute atomic E-state index is 13.3. The Morgan fingerprint density at radius 3 is 2.66 bits per heavy atom. The van der Waals surface area contributed by atoms with Crippen LogP contribution in [0.1, 0.15) is 62.1 Å². The van der Waals surface area contributed by atoms with Gasteiger partial charge in [-0.05, 0) is 71.2 Å². The SMILES string of the molecule is Cc1cc(C(=O)Nc2nc3ccc(Oc4ccncn4)c(Cl)c3n2[C@@H]2CCCCN(C(=O)OC(C)(C)C)C2)ccn1. The third-order valence-electron chi connectivity index (χ3n) is 6.57. The Balaban J connectivity index is 1.58. The second kappa shape index (κ2) is 11.7. The summed E-state index contributed by atoms with van der Waals surface area (Å²) in [5, 5.41) is 3.28.